The molecular weight excluding hydrogens is 312 g/mol. The molecule has 0 aliphatic rings. The van der Waals surface area contributed by atoms with E-state index in [-0.39, 0.29) is 5.91 Å². The monoisotopic (exact) mass is 330 g/mol. The lowest BCUT2D eigenvalue weighted by molar-refractivity contribution is 0.0949. The third-order valence-corrected chi connectivity index (χ3v) is 3.95. The predicted molar refractivity (Wildman–Crippen MR) is 98.0 cm³/mol. The van der Waals surface area contributed by atoms with Gasteiger partial charge in [0.2, 0.25) is 5.91 Å². The first-order valence-electron chi connectivity index (χ1n) is 7.96. The maximum atomic E-state index is 12.3. The molecule has 0 aliphatic heterocycles. The van der Waals surface area contributed by atoms with Crippen LogP contribution in [-0.2, 0) is 6.54 Å². The molecule has 3 aromatic rings. The smallest absolute Gasteiger partial charge is 0.251 e. The minimum atomic E-state index is -0.464. The van der Waals surface area contributed by atoms with Crippen LogP contribution in [0, 0.1) is 0 Å². The Bertz CT molecular complexity index is 870. The van der Waals surface area contributed by atoms with Crippen LogP contribution in [0.25, 0.3) is 11.1 Å². The Hall–Kier alpha value is -3.40. The molecule has 0 unspecified atom stereocenters. The Morgan fingerprint density at radius 1 is 0.720 bits per heavy atom. The van der Waals surface area contributed by atoms with Crippen LogP contribution < -0.4 is 11.1 Å². The molecule has 3 aromatic carbocycles. The number of primary amides is 1. The number of nitrogens with one attached hydrogen (secondary N) is 1. The first-order chi connectivity index (χ1) is 12.1. The Morgan fingerprint density at radius 2 is 1.28 bits per heavy atom. The van der Waals surface area contributed by atoms with Crippen molar-refractivity contribution >= 4 is 11.8 Å². The van der Waals surface area contributed by atoms with Crippen LogP contribution in [-0.4, -0.2) is 11.8 Å². The average Bonchev–Trinajstić information content (AvgIpc) is 2.67. The summed E-state index contributed by atoms with van der Waals surface area (Å²) in [7, 11) is 0. The molecule has 0 aliphatic carbocycles. The van der Waals surface area contributed by atoms with E-state index in [0.717, 1.165) is 16.7 Å². The molecule has 0 spiro atoms. The summed E-state index contributed by atoms with van der Waals surface area (Å²) in [6.45, 7) is 0.387. The first kappa shape index (κ1) is 16.5. The largest absolute Gasteiger partial charge is 0.366 e. The molecular formula is C21H18N2O2. The zero-order chi connectivity index (χ0) is 17.6. The van der Waals surface area contributed by atoms with Crippen LogP contribution in [0.2, 0.25) is 0 Å². The second-order valence-electron chi connectivity index (χ2n) is 5.69. The number of carbonyl (C=O) groups excluding carboxylic acids is 2. The topological polar surface area (TPSA) is 72.2 Å². The molecule has 3 rings (SSSR count). The van der Waals surface area contributed by atoms with E-state index in [1.54, 1.807) is 24.3 Å². The fourth-order valence-electron chi connectivity index (χ4n) is 2.52. The second-order valence-corrected chi connectivity index (χ2v) is 5.69. The Kier molecular flexibility index (Phi) is 4.90. The number of benzene rings is 3. The fraction of sp³-hybridized carbons (Fsp3) is 0.0476. The van der Waals surface area contributed by atoms with Crippen LogP contribution in [0.5, 0.6) is 0 Å². The molecule has 0 bridgehead atoms. The van der Waals surface area contributed by atoms with Crippen LogP contribution in [0.4, 0.5) is 0 Å². The third-order valence-electron chi connectivity index (χ3n) is 3.95. The van der Waals surface area contributed by atoms with Crippen molar-refractivity contribution < 1.29 is 9.59 Å². The van der Waals surface area contributed by atoms with E-state index in [1.807, 2.05) is 54.6 Å². The minimum absolute atomic E-state index is 0.140. The van der Waals surface area contributed by atoms with Gasteiger partial charge in [0.15, 0.2) is 0 Å². The van der Waals surface area contributed by atoms with E-state index in [4.69, 9.17) is 5.73 Å². The molecule has 25 heavy (non-hydrogen) atoms. The summed E-state index contributed by atoms with van der Waals surface area (Å²) in [5, 5.41) is 2.87. The second kappa shape index (κ2) is 7.45. The molecule has 4 nitrogen and oxygen atoms in total. The summed E-state index contributed by atoms with van der Waals surface area (Å²) in [5.74, 6) is -0.604. The summed E-state index contributed by atoms with van der Waals surface area (Å²) < 4.78 is 0. The highest BCUT2D eigenvalue weighted by Crippen LogP contribution is 2.19. The van der Waals surface area contributed by atoms with E-state index in [0.29, 0.717) is 17.7 Å². The van der Waals surface area contributed by atoms with E-state index >= 15 is 0 Å². The summed E-state index contributed by atoms with van der Waals surface area (Å²) in [4.78, 5) is 23.3. The molecule has 0 radical (unpaired) electrons. The maximum absolute atomic E-state index is 12.3. The van der Waals surface area contributed by atoms with Gasteiger partial charge in [-0.3, -0.25) is 9.59 Å². The van der Waals surface area contributed by atoms with Gasteiger partial charge in [-0.1, -0.05) is 54.6 Å². The van der Waals surface area contributed by atoms with Crippen LogP contribution in [0.15, 0.2) is 78.9 Å². The fourth-order valence-corrected chi connectivity index (χ4v) is 2.52. The molecule has 124 valence electrons. The lowest BCUT2D eigenvalue weighted by atomic mass is 10.0. The van der Waals surface area contributed by atoms with Crippen molar-refractivity contribution in [3.8, 4) is 11.1 Å². The van der Waals surface area contributed by atoms with Crippen molar-refractivity contribution in [1.29, 1.82) is 0 Å². The summed E-state index contributed by atoms with van der Waals surface area (Å²) >= 11 is 0. The van der Waals surface area contributed by atoms with Gasteiger partial charge in [-0.25, -0.2) is 0 Å². The Balaban J connectivity index is 1.62. The summed E-state index contributed by atoms with van der Waals surface area (Å²) in [5.41, 5.74) is 9.35. The summed E-state index contributed by atoms with van der Waals surface area (Å²) in [6, 6.07) is 24.4. The zero-order valence-corrected chi connectivity index (χ0v) is 13.6. The molecule has 0 aromatic heterocycles. The minimum Gasteiger partial charge on any atom is -0.366 e. The number of hydrogen-bond donors (Lipinski definition) is 2. The van der Waals surface area contributed by atoms with E-state index in [1.165, 1.54) is 0 Å². The number of amides is 2. The highest BCUT2D eigenvalue weighted by molar-refractivity contribution is 5.95. The molecule has 0 fully saturated rings. The van der Waals surface area contributed by atoms with Gasteiger partial charge < -0.3 is 11.1 Å². The van der Waals surface area contributed by atoms with Gasteiger partial charge in [-0.2, -0.15) is 0 Å². The predicted octanol–water partition coefficient (Wildman–Crippen LogP) is 3.38. The number of nitrogens with two attached hydrogens (primary N) is 1. The standard InChI is InChI=1S/C21H18N2O2/c22-20(24)18-8-6-15(7-9-18)14-23-21(25)19-12-10-17(11-13-19)16-4-2-1-3-5-16/h1-13H,14H2,(H2,22,24)(H,23,25). The number of rotatable bonds is 5. The van der Waals surface area contributed by atoms with E-state index in [9.17, 15) is 9.59 Å². The molecule has 2 amide bonds. The lowest BCUT2D eigenvalue weighted by Gasteiger charge is -2.07. The van der Waals surface area contributed by atoms with Crippen molar-refractivity contribution in [2.75, 3.05) is 0 Å². The van der Waals surface area contributed by atoms with Crippen molar-refractivity contribution in [3.05, 3.63) is 95.6 Å². The molecule has 3 N–H and O–H groups in total. The van der Waals surface area contributed by atoms with E-state index in [2.05, 4.69) is 5.32 Å². The Labute approximate surface area is 146 Å². The van der Waals surface area contributed by atoms with Crippen molar-refractivity contribution in [1.82, 2.24) is 5.32 Å². The third kappa shape index (κ3) is 4.12. The molecule has 4 heteroatoms. The van der Waals surface area contributed by atoms with Crippen LogP contribution in [0.3, 0.4) is 0 Å². The summed E-state index contributed by atoms with van der Waals surface area (Å²) in [6.07, 6.45) is 0. The Morgan fingerprint density at radius 3 is 1.88 bits per heavy atom. The van der Waals surface area contributed by atoms with Gasteiger partial charge in [-0.15, -0.1) is 0 Å². The van der Waals surface area contributed by atoms with Crippen LogP contribution >= 0.6 is 0 Å². The average molecular weight is 330 g/mol. The van der Waals surface area contributed by atoms with Crippen molar-refractivity contribution in [2.24, 2.45) is 5.73 Å². The SMILES string of the molecule is NC(=O)c1ccc(CNC(=O)c2ccc(-c3ccccc3)cc2)cc1. The normalized spacial score (nSPS) is 10.2. The van der Waals surface area contributed by atoms with Gasteiger partial charge in [0.25, 0.3) is 5.91 Å². The van der Waals surface area contributed by atoms with Gasteiger partial charge in [0.1, 0.15) is 0 Å². The molecule has 0 heterocycles. The highest BCUT2D eigenvalue weighted by Gasteiger charge is 2.06. The van der Waals surface area contributed by atoms with Gasteiger partial charge >= 0.3 is 0 Å². The maximum Gasteiger partial charge on any atom is 0.251 e. The molecule has 0 atom stereocenters. The van der Waals surface area contributed by atoms with Gasteiger partial charge in [0, 0.05) is 17.7 Å². The number of carbonyl (C=O) groups is 2. The quantitative estimate of drug-likeness (QED) is 0.753. The van der Waals surface area contributed by atoms with Gasteiger partial charge in [-0.05, 0) is 41.0 Å². The highest BCUT2D eigenvalue weighted by atomic mass is 16.2. The van der Waals surface area contributed by atoms with Crippen molar-refractivity contribution in [3.63, 3.8) is 0 Å². The van der Waals surface area contributed by atoms with E-state index < -0.39 is 5.91 Å². The zero-order valence-electron chi connectivity index (χ0n) is 13.6. The molecule has 0 saturated carbocycles. The first-order valence-corrected chi connectivity index (χ1v) is 7.96. The lowest BCUT2D eigenvalue weighted by Crippen LogP contribution is -2.22. The van der Waals surface area contributed by atoms with Crippen molar-refractivity contribution in [2.45, 2.75) is 6.54 Å². The number of hydrogen-bond acceptors (Lipinski definition) is 2. The van der Waals surface area contributed by atoms with Crippen LogP contribution in [0.1, 0.15) is 26.3 Å². The molecule has 0 saturated heterocycles. The van der Waals surface area contributed by atoms with Gasteiger partial charge in [0.05, 0.1) is 0 Å².